The van der Waals surface area contributed by atoms with E-state index in [-0.39, 0.29) is 0 Å². The van der Waals surface area contributed by atoms with E-state index in [1.54, 1.807) is 11.3 Å². The molecule has 4 nitrogen and oxygen atoms in total. The Morgan fingerprint density at radius 3 is 3.19 bits per heavy atom. The third kappa shape index (κ3) is 2.31. The average Bonchev–Trinajstić information content (AvgIpc) is 2.79. The van der Waals surface area contributed by atoms with Crippen molar-refractivity contribution in [3.05, 3.63) is 34.8 Å². The van der Waals surface area contributed by atoms with Gasteiger partial charge in [0.15, 0.2) is 0 Å². The molecule has 2 aromatic heterocycles. The van der Waals surface area contributed by atoms with Crippen molar-refractivity contribution in [2.45, 2.75) is 32.0 Å². The number of nitrogens with zero attached hydrogens (tertiary/aromatic N) is 3. The number of hydrogen-bond donors (Lipinski definition) is 1. The molecule has 0 atom stereocenters. The second kappa shape index (κ2) is 4.35. The van der Waals surface area contributed by atoms with Crippen LogP contribution in [0.25, 0.3) is 0 Å². The van der Waals surface area contributed by atoms with Crippen LogP contribution >= 0.6 is 11.3 Å². The number of rotatable bonds is 5. The van der Waals surface area contributed by atoms with Crippen LogP contribution in [0.1, 0.15) is 23.5 Å². The van der Waals surface area contributed by atoms with Crippen molar-refractivity contribution < 1.29 is 0 Å². The van der Waals surface area contributed by atoms with Crippen molar-refractivity contribution in [2.75, 3.05) is 0 Å². The summed E-state index contributed by atoms with van der Waals surface area (Å²) < 4.78 is 2.18. The van der Waals surface area contributed by atoms with Crippen molar-refractivity contribution in [1.29, 1.82) is 0 Å². The summed E-state index contributed by atoms with van der Waals surface area (Å²) in [6, 6.07) is 0.730. The molecule has 1 N–H and O–H groups in total. The molecule has 0 amide bonds. The normalized spacial score (nSPS) is 15.5. The molecule has 3 rings (SSSR count). The zero-order valence-corrected chi connectivity index (χ0v) is 9.78. The Kier molecular flexibility index (Phi) is 2.71. The monoisotopic (exact) mass is 234 g/mol. The molecule has 1 aliphatic carbocycles. The Morgan fingerprint density at radius 1 is 1.50 bits per heavy atom. The largest absolute Gasteiger partial charge is 0.329 e. The maximum atomic E-state index is 4.38. The van der Waals surface area contributed by atoms with E-state index in [0.717, 1.165) is 25.0 Å². The molecule has 16 heavy (non-hydrogen) atoms. The molecule has 0 aromatic carbocycles. The van der Waals surface area contributed by atoms with Gasteiger partial charge < -0.3 is 9.88 Å². The topological polar surface area (TPSA) is 42.7 Å². The maximum Gasteiger partial charge on any atom is 0.122 e. The third-order valence-electron chi connectivity index (χ3n) is 2.74. The first kappa shape index (κ1) is 9.99. The van der Waals surface area contributed by atoms with Gasteiger partial charge in [0.05, 0.1) is 18.6 Å². The summed E-state index contributed by atoms with van der Waals surface area (Å²) in [7, 11) is 0. The summed E-state index contributed by atoms with van der Waals surface area (Å²) in [6.07, 6.45) is 8.45. The SMILES string of the molecule is c1cn(Cc2cncs2)c(CNC2CC2)n1. The Labute approximate surface area is 98.4 Å². The van der Waals surface area contributed by atoms with E-state index in [9.17, 15) is 0 Å². The van der Waals surface area contributed by atoms with Gasteiger partial charge in [-0.3, -0.25) is 4.98 Å². The first-order valence-electron chi connectivity index (χ1n) is 5.52. The minimum atomic E-state index is 0.730. The summed E-state index contributed by atoms with van der Waals surface area (Å²) in [5, 5.41) is 3.48. The first-order valence-corrected chi connectivity index (χ1v) is 6.40. The van der Waals surface area contributed by atoms with E-state index in [4.69, 9.17) is 0 Å². The summed E-state index contributed by atoms with van der Waals surface area (Å²) in [5.41, 5.74) is 1.87. The summed E-state index contributed by atoms with van der Waals surface area (Å²) in [6.45, 7) is 1.75. The van der Waals surface area contributed by atoms with E-state index >= 15 is 0 Å². The Balaban J connectivity index is 1.66. The fourth-order valence-corrected chi connectivity index (χ4v) is 2.25. The molecule has 0 radical (unpaired) electrons. The van der Waals surface area contributed by atoms with Gasteiger partial charge in [0, 0.05) is 29.5 Å². The van der Waals surface area contributed by atoms with Gasteiger partial charge in [0.2, 0.25) is 0 Å². The lowest BCUT2D eigenvalue weighted by Gasteiger charge is -2.06. The highest BCUT2D eigenvalue weighted by atomic mass is 32.1. The van der Waals surface area contributed by atoms with Gasteiger partial charge in [-0.1, -0.05) is 0 Å². The third-order valence-corrected chi connectivity index (χ3v) is 3.50. The van der Waals surface area contributed by atoms with Crippen LogP contribution in [-0.4, -0.2) is 20.6 Å². The molecule has 1 fully saturated rings. The van der Waals surface area contributed by atoms with E-state index in [1.807, 2.05) is 24.1 Å². The van der Waals surface area contributed by atoms with Gasteiger partial charge in [0.25, 0.3) is 0 Å². The molecule has 1 saturated carbocycles. The summed E-state index contributed by atoms with van der Waals surface area (Å²) in [4.78, 5) is 9.74. The van der Waals surface area contributed by atoms with E-state index in [0.29, 0.717) is 0 Å². The highest BCUT2D eigenvalue weighted by Crippen LogP contribution is 2.19. The van der Waals surface area contributed by atoms with Crippen molar-refractivity contribution in [3.63, 3.8) is 0 Å². The lowest BCUT2D eigenvalue weighted by atomic mass is 10.5. The predicted octanol–water partition coefficient (Wildman–Crippen LogP) is 1.64. The molecule has 84 valence electrons. The molecular weight excluding hydrogens is 220 g/mol. The maximum absolute atomic E-state index is 4.38. The van der Waals surface area contributed by atoms with E-state index < -0.39 is 0 Å². The lowest BCUT2D eigenvalue weighted by Crippen LogP contribution is -2.18. The van der Waals surface area contributed by atoms with Gasteiger partial charge in [-0.25, -0.2) is 4.98 Å². The summed E-state index contributed by atoms with van der Waals surface area (Å²) in [5.74, 6) is 1.11. The van der Waals surface area contributed by atoms with Crippen LogP contribution in [0.2, 0.25) is 0 Å². The van der Waals surface area contributed by atoms with Crippen molar-refractivity contribution >= 4 is 11.3 Å². The fourth-order valence-electron chi connectivity index (χ4n) is 1.66. The second-order valence-electron chi connectivity index (χ2n) is 4.09. The van der Waals surface area contributed by atoms with E-state index in [1.165, 1.54) is 17.7 Å². The van der Waals surface area contributed by atoms with Crippen LogP contribution < -0.4 is 5.32 Å². The molecule has 0 unspecified atom stereocenters. The molecule has 2 aromatic rings. The molecule has 2 heterocycles. The predicted molar refractivity (Wildman–Crippen MR) is 63.3 cm³/mol. The fraction of sp³-hybridized carbons (Fsp3) is 0.455. The Bertz CT molecular complexity index is 444. The van der Waals surface area contributed by atoms with Gasteiger partial charge in [-0.05, 0) is 12.8 Å². The minimum Gasteiger partial charge on any atom is -0.329 e. The first-order chi connectivity index (χ1) is 7.92. The standard InChI is InChI=1S/C11H14N4S/c1-2-9(1)14-6-11-13-3-4-15(11)7-10-5-12-8-16-10/h3-5,8-9,14H,1-2,6-7H2. The van der Waals surface area contributed by atoms with Gasteiger partial charge in [-0.15, -0.1) is 11.3 Å². The molecule has 0 bridgehead atoms. The molecule has 1 aliphatic rings. The zero-order valence-electron chi connectivity index (χ0n) is 8.97. The lowest BCUT2D eigenvalue weighted by molar-refractivity contribution is 0.620. The van der Waals surface area contributed by atoms with Crippen LogP contribution in [0.5, 0.6) is 0 Å². The number of aromatic nitrogens is 3. The second-order valence-corrected chi connectivity index (χ2v) is 5.07. The average molecular weight is 234 g/mol. The van der Waals surface area contributed by atoms with Crippen LogP contribution in [-0.2, 0) is 13.1 Å². The number of nitrogens with one attached hydrogen (secondary N) is 1. The number of hydrogen-bond acceptors (Lipinski definition) is 4. The smallest absolute Gasteiger partial charge is 0.122 e. The van der Waals surface area contributed by atoms with E-state index in [2.05, 4.69) is 19.9 Å². The Morgan fingerprint density at radius 2 is 2.44 bits per heavy atom. The molecule has 0 aliphatic heterocycles. The summed E-state index contributed by atoms with van der Waals surface area (Å²) >= 11 is 1.69. The quantitative estimate of drug-likeness (QED) is 0.855. The van der Waals surface area contributed by atoms with Crippen molar-refractivity contribution in [1.82, 2.24) is 19.9 Å². The number of thiazole rings is 1. The van der Waals surface area contributed by atoms with Crippen LogP contribution in [0.3, 0.4) is 0 Å². The zero-order chi connectivity index (χ0) is 10.8. The Hall–Kier alpha value is -1.20. The van der Waals surface area contributed by atoms with Crippen molar-refractivity contribution in [2.24, 2.45) is 0 Å². The van der Waals surface area contributed by atoms with Crippen LogP contribution in [0, 0.1) is 0 Å². The van der Waals surface area contributed by atoms with Gasteiger partial charge >= 0.3 is 0 Å². The highest BCUT2D eigenvalue weighted by Gasteiger charge is 2.20. The minimum absolute atomic E-state index is 0.730. The molecule has 0 saturated heterocycles. The highest BCUT2D eigenvalue weighted by molar-refractivity contribution is 7.09. The van der Waals surface area contributed by atoms with Crippen LogP contribution in [0.4, 0.5) is 0 Å². The molecular formula is C11H14N4S. The number of imidazole rings is 1. The van der Waals surface area contributed by atoms with Crippen LogP contribution in [0.15, 0.2) is 24.1 Å². The van der Waals surface area contributed by atoms with Crippen molar-refractivity contribution in [3.8, 4) is 0 Å². The van der Waals surface area contributed by atoms with Gasteiger partial charge in [0.1, 0.15) is 5.82 Å². The molecule has 0 spiro atoms. The molecule has 5 heteroatoms. The van der Waals surface area contributed by atoms with Gasteiger partial charge in [-0.2, -0.15) is 0 Å².